The van der Waals surface area contributed by atoms with Crippen LogP contribution in [-0.4, -0.2) is 16.8 Å². The van der Waals surface area contributed by atoms with Gasteiger partial charge in [0.2, 0.25) is 5.43 Å². The highest BCUT2D eigenvalue weighted by Crippen LogP contribution is 2.33. The van der Waals surface area contributed by atoms with Crippen molar-refractivity contribution in [1.82, 2.24) is 0 Å². The molecule has 0 aliphatic heterocycles. The molecule has 0 unspecified atom stereocenters. The fourth-order valence-corrected chi connectivity index (χ4v) is 2.56. The fraction of sp³-hybridized carbons (Fsp3) is 0.211. The van der Waals surface area contributed by atoms with Crippen LogP contribution < -0.4 is 10.2 Å². The van der Waals surface area contributed by atoms with E-state index < -0.39 is 5.43 Å². The molecule has 5 nitrogen and oxygen atoms in total. The Morgan fingerprint density at radius 1 is 1.08 bits per heavy atom. The second-order valence-corrected chi connectivity index (χ2v) is 6.00. The fourth-order valence-electron chi connectivity index (χ4n) is 2.56. The van der Waals surface area contributed by atoms with E-state index in [1.165, 1.54) is 12.1 Å². The summed E-state index contributed by atoms with van der Waals surface area (Å²) in [5.41, 5.74) is 1.89. The monoisotopic (exact) mass is 326 g/mol. The van der Waals surface area contributed by atoms with Crippen molar-refractivity contribution in [3.05, 3.63) is 51.7 Å². The molecule has 0 aliphatic carbocycles. The molecule has 0 saturated heterocycles. The highest BCUT2D eigenvalue weighted by molar-refractivity contribution is 5.96. The van der Waals surface area contributed by atoms with Gasteiger partial charge in [0.1, 0.15) is 45.8 Å². The second kappa shape index (κ2) is 5.92. The Hall–Kier alpha value is -2.95. The van der Waals surface area contributed by atoms with E-state index in [2.05, 4.69) is 0 Å². The SMILES string of the molecule is CC(C)=CCOc1cc(O)c2c(=O)c3c(O)cc(C)cc3oc2c1. The van der Waals surface area contributed by atoms with E-state index in [1.807, 2.05) is 19.9 Å². The molecule has 1 heterocycles. The number of rotatable bonds is 3. The standard InChI is InChI=1S/C19H18O5/c1-10(2)4-5-23-12-8-14(21)18-16(9-12)24-15-7-11(3)6-13(20)17(15)19(18)22/h4,6-9,20-21H,5H2,1-3H3. The summed E-state index contributed by atoms with van der Waals surface area (Å²) in [5.74, 6) is -0.00358. The molecule has 3 aromatic rings. The van der Waals surface area contributed by atoms with E-state index >= 15 is 0 Å². The van der Waals surface area contributed by atoms with Gasteiger partial charge in [-0.25, -0.2) is 0 Å². The highest BCUT2D eigenvalue weighted by Gasteiger charge is 2.16. The maximum atomic E-state index is 12.6. The van der Waals surface area contributed by atoms with Gasteiger partial charge in [0, 0.05) is 12.1 Å². The molecule has 1 aromatic heterocycles. The Bertz CT molecular complexity index is 1020. The Morgan fingerprint density at radius 3 is 2.38 bits per heavy atom. The van der Waals surface area contributed by atoms with Gasteiger partial charge in [-0.05, 0) is 44.5 Å². The molecule has 2 aromatic carbocycles. The zero-order valence-corrected chi connectivity index (χ0v) is 13.7. The Kier molecular flexibility index (Phi) is 3.93. The van der Waals surface area contributed by atoms with Gasteiger partial charge in [-0.15, -0.1) is 0 Å². The third kappa shape index (κ3) is 2.80. The normalized spacial score (nSPS) is 11.0. The molecular weight excluding hydrogens is 308 g/mol. The summed E-state index contributed by atoms with van der Waals surface area (Å²) in [6, 6.07) is 6.09. The average molecular weight is 326 g/mol. The van der Waals surface area contributed by atoms with Gasteiger partial charge in [-0.1, -0.05) is 5.57 Å². The lowest BCUT2D eigenvalue weighted by molar-refractivity contribution is 0.359. The minimum atomic E-state index is -0.475. The zero-order valence-electron chi connectivity index (χ0n) is 13.7. The van der Waals surface area contributed by atoms with Crippen LogP contribution in [0.2, 0.25) is 0 Å². The van der Waals surface area contributed by atoms with Gasteiger partial charge < -0.3 is 19.4 Å². The highest BCUT2D eigenvalue weighted by atomic mass is 16.5. The van der Waals surface area contributed by atoms with Gasteiger partial charge in [-0.2, -0.15) is 0 Å². The molecule has 0 fully saturated rings. The van der Waals surface area contributed by atoms with Gasteiger partial charge in [-0.3, -0.25) is 4.79 Å². The summed E-state index contributed by atoms with van der Waals surface area (Å²) < 4.78 is 11.3. The topological polar surface area (TPSA) is 79.9 Å². The smallest absolute Gasteiger partial charge is 0.208 e. The molecular formula is C19H18O5. The van der Waals surface area contributed by atoms with Gasteiger partial charge in [0.15, 0.2) is 0 Å². The van der Waals surface area contributed by atoms with Crippen molar-refractivity contribution in [3.63, 3.8) is 0 Å². The van der Waals surface area contributed by atoms with Crippen LogP contribution in [0.1, 0.15) is 19.4 Å². The zero-order chi connectivity index (χ0) is 17.4. The van der Waals surface area contributed by atoms with E-state index in [1.54, 1.807) is 19.1 Å². The molecule has 3 rings (SSSR count). The van der Waals surface area contributed by atoms with Gasteiger partial charge >= 0.3 is 0 Å². The lowest BCUT2D eigenvalue weighted by Crippen LogP contribution is -2.04. The summed E-state index contributed by atoms with van der Waals surface area (Å²) in [6.07, 6.45) is 1.90. The molecule has 2 N–H and O–H groups in total. The molecule has 0 saturated carbocycles. The lowest BCUT2D eigenvalue weighted by Gasteiger charge is -2.09. The van der Waals surface area contributed by atoms with Crippen LogP contribution in [0.4, 0.5) is 0 Å². The van der Waals surface area contributed by atoms with Crippen molar-refractivity contribution in [2.24, 2.45) is 0 Å². The first-order chi connectivity index (χ1) is 11.4. The van der Waals surface area contributed by atoms with E-state index in [9.17, 15) is 15.0 Å². The van der Waals surface area contributed by atoms with E-state index in [4.69, 9.17) is 9.15 Å². The number of ether oxygens (including phenoxy) is 1. The maximum absolute atomic E-state index is 12.6. The summed E-state index contributed by atoms with van der Waals surface area (Å²) >= 11 is 0. The third-order valence-electron chi connectivity index (χ3n) is 3.70. The number of hydrogen-bond acceptors (Lipinski definition) is 5. The van der Waals surface area contributed by atoms with Crippen molar-refractivity contribution in [2.75, 3.05) is 6.61 Å². The molecule has 0 spiro atoms. The van der Waals surface area contributed by atoms with E-state index in [0.717, 1.165) is 11.1 Å². The molecule has 0 atom stereocenters. The largest absolute Gasteiger partial charge is 0.507 e. The van der Waals surface area contributed by atoms with Crippen LogP contribution in [0, 0.1) is 6.92 Å². The number of benzene rings is 2. The number of allylic oxidation sites excluding steroid dienone is 1. The summed E-state index contributed by atoms with van der Waals surface area (Å²) in [6.45, 7) is 6.06. The molecule has 5 heteroatoms. The van der Waals surface area contributed by atoms with Gasteiger partial charge in [0.05, 0.1) is 0 Å². The predicted molar refractivity (Wildman–Crippen MR) is 93.0 cm³/mol. The van der Waals surface area contributed by atoms with Crippen molar-refractivity contribution < 1.29 is 19.4 Å². The number of hydrogen-bond donors (Lipinski definition) is 2. The lowest BCUT2D eigenvalue weighted by atomic mass is 10.1. The van der Waals surface area contributed by atoms with Crippen molar-refractivity contribution in [1.29, 1.82) is 0 Å². The van der Waals surface area contributed by atoms with E-state index in [0.29, 0.717) is 12.4 Å². The number of aryl methyl sites for hydroxylation is 1. The molecule has 0 radical (unpaired) electrons. The van der Waals surface area contributed by atoms with Crippen LogP contribution in [0.3, 0.4) is 0 Å². The first kappa shape index (κ1) is 15.9. The molecule has 0 aliphatic rings. The summed E-state index contributed by atoms with van der Waals surface area (Å²) in [4.78, 5) is 12.6. The molecule has 24 heavy (non-hydrogen) atoms. The minimum absolute atomic E-state index is 0.0243. The number of phenols is 2. The van der Waals surface area contributed by atoms with Gasteiger partial charge in [0.25, 0.3) is 0 Å². The second-order valence-electron chi connectivity index (χ2n) is 6.00. The number of aromatic hydroxyl groups is 2. The number of phenolic OH excluding ortho intramolecular Hbond substituents is 2. The Balaban J connectivity index is 2.22. The van der Waals surface area contributed by atoms with E-state index in [-0.39, 0.29) is 33.4 Å². The predicted octanol–water partition coefficient (Wildman–Crippen LogP) is 4.01. The number of fused-ring (bicyclic) bond motifs is 2. The van der Waals surface area contributed by atoms with Crippen LogP contribution in [0.5, 0.6) is 17.2 Å². The van der Waals surface area contributed by atoms with Crippen molar-refractivity contribution in [2.45, 2.75) is 20.8 Å². The average Bonchev–Trinajstić information content (AvgIpc) is 2.45. The minimum Gasteiger partial charge on any atom is -0.507 e. The molecule has 0 bridgehead atoms. The Morgan fingerprint density at radius 2 is 1.71 bits per heavy atom. The summed E-state index contributed by atoms with van der Waals surface area (Å²) in [7, 11) is 0. The Labute approximate surface area is 138 Å². The van der Waals surface area contributed by atoms with Crippen LogP contribution in [0.15, 0.2) is 45.1 Å². The first-order valence-corrected chi connectivity index (χ1v) is 7.56. The van der Waals surface area contributed by atoms with Crippen LogP contribution in [0.25, 0.3) is 21.9 Å². The molecule has 124 valence electrons. The summed E-state index contributed by atoms with van der Waals surface area (Å²) in [5, 5.41) is 20.3. The molecule has 0 amide bonds. The first-order valence-electron chi connectivity index (χ1n) is 7.56. The van der Waals surface area contributed by atoms with Crippen molar-refractivity contribution in [3.8, 4) is 17.2 Å². The van der Waals surface area contributed by atoms with Crippen LogP contribution >= 0.6 is 0 Å². The third-order valence-corrected chi connectivity index (χ3v) is 3.70. The van der Waals surface area contributed by atoms with Crippen molar-refractivity contribution >= 4 is 21.9 Å². The quantitative estimate of drug-likeness (QED) is 0.561. The maximum Gasteiger partial charge on any atom is 0.208 e. The van der Waals surface area contributed by atoms with Crippen LogP contribution in [-0.2, 0) is 0 Å².